The number of hydrogen-bond acceptors (Lipinski definition) is 3. The van der Waals surface area contributed by atoms with Crippen molar-refractivity contribution in [2.45, 2.75) is 32.4 Å². The van der Waals surface area contributed by atoms with Gasteiger partial charge in [0.25, 0.3) is 5.91 Å². The zero-order valence-corrected chi connectivity index (χ0v) is 13.8. The molecule has 0 radical (unpaired) electrons. The van der Waals surface area contributed by atoms with Crippen LogP contribution in [-0.4, -0.2) is 31.1 Å². The van der Waals surface area contributed by atoms with Crippen LogP contribution in [0.4, 0.5) is 0 Å². The van der Waals surface area contributed by atoms with E-state index in [1.807, 2.05) is 0 Å². The Kier molecular flexibility index (Phi) is 7.29. The van der Waals surface area contributed by atoms with E-state index < -0.39 is 6.10 Å². The molecule has 1 saturated heterocycles. The molecule has 21 heavy (non-hydrogen) atoms. The van der Waals surface area contributed by atoms with Gasteiger partial charge in [-0.05, 0) is 44.0 Å². The summed E-state index contributed by atoms with van der Waals surface area (Å²) in [6, 6.07) is 7.24. The maximum atomic E-state index is 12.1. The first kappa shape index (κ1) is 18.1. The van der Waals surface area contributed by atoms with Crippen molar-refractivity contribution in [3.05, 3.63) is 29.3 Å². The van der Waals surface area contributed by atoms with Gasteiger partial charge in [-0.1, -0.05) is 24.6 Å². The molecule has 0 bridgehead atoms. The highest BCUT2D eigenvalue weighted by atomic mass is 35.5. The lowest BCUT2D eigenvalue weighted by Crippen LogP contribution is -2.52. The largest absolute Gasteiger partial charge is 0.481 e. The van der Waals surface area contributed by atoms with E-state index in [2.05, 4.69) is 17.6 Å². The summed E-state index contributed by atoms with van der Waals surface area (Å²) in [4.78, 5) is 12.1. The smallest absolute Gasteiger partial charge is 0.261 e. The minimum Gasteiger partial charge on any atom is -0.481 e. The van der Waals surface area contributed by atoms with Crippen molar-refractivity contribution in [2.75, 3.05) is 13.1 Å². The highest BCUT2D eigenvalue weighted by molar-refractivity contribution is 6.30. The van der Waals surface area contributed by atoms with Crippen LogP contribution in [-0.2, 0) is 4.79 Å². The van der Waals surface area contributed by atoms with Crippen molar-refractivity contribution in [1.82, 2.24) is 10.6 Å². The van der Waals surface area contributed by atoms with Gasteiger partial charge in [0, 0.05) is 17.6 Å². The Hall–Kier alpha value is -0.970. The summed E-state index contributed by atoms with van der Waals surface area (Å²) in [7, 11) is 0. The second-order valence-corrected chi connectivity index (χ2v) is 5.74. The van der Waals surface area contributed by atoms with Crippen LogP contribution in [0.15, 0.2) is 24.3 Å². The number of piperidine rings is 1. The standard InChI is InChI=1S/C15H21ClN2O2.ClH/c1-10-6-7-17-9-14(10)18-15(19)11(2)20-13-5-3-4-12(16)8-13;/h3-5,8,10-11,14,17H,6-7,9H2,1-2H3,(H,18,19);1H. The zero-order chi connectivity index (χ0) is 14.5. The molecule has 0 saturated carbocycles. The zero-order valence-electron chi connectivity index (χ0n) is 12.3. The molecule has 1 heterocycles. The molecule has 1 amide bonds. The topological polar surface area (TPSA) is 50.4 Å². The van der Waals surface area contributed by atoms with Gasteiger partial charge < -0.3 is 15.4 Å². The monoisotopic (exact) mass is 332 g/mol. The summed E-state index contributed by atoms with van der Waals surface area (Å²) in [5, 5.41) is 6.93. The van der Waals surface area contributed by atoms with Crippen LogP contribution in [0.5, 0.6) is 5.75 Å². The molecule has 1 fully saturated rings. The van der Waals surface area contributed by atoms with Crippen LogP contribution in [0.2, 0.25) is 5.02 Å². The molecule has 1 aromatic rings. The molecule has 4 nitrogen and oxygen atoms in total. The molecule has 0 aromatic heterocycles. The van der Waals surface area contributed by atoms with Gasteiger partial charge in [0.1, 0.15) is 5.75 Å². The third kappa shape index (κ3) is 5.38. The van der Waals surface area contributed by atoms with Gasteiger partial charge >= 0.3 is 0 Å². The molecule has 1 aliphatic heterocycles. The van der Waals surface area contributed by atoms with E-state index in [1.54, 1.807) is 31.2 Å². The lowest BCUT2D eigenvalue weighted by atomic mass is 9.95. The maximum absolute atomic E-state index is 12.1. The van der Waals surface area contributed by atoms with Crippen molar-refractivity contribution in [3.8, 4) is 5.75 Å². The molecule has 0 spiro atoms. The Balaban J connectivity index is 0.00000220. The van der Waals surface area contributed by atoms with Crippen LogP contribution in [0.1, 0.15) is 20.3 Å². The first-order valence-corrected chi connectivity index (χ1v) is 7.37. The lowest BCUT2D eigenvalue weighted by molar-refractivity contribution is -0.128. The van der Waals surface area contributed by atoms with Crippen molar-refractivity contribution in [2.24, 2.45) is 5.92 Å². The quantitative estimate of drug-likeness (QED) is 0.891. The van der Waals surface area contributed by atoms with Crippen molar-refractivity contribution >= 4 is 29.9 Å². The third-order valence-corrected chi connectivity index (χ3v) is 3.87. The summed E-state index contributed by atoms with van der Waals surface area (Å²) in [5.74, 6) is 0.999. The predicted octanol–water partition coefficient (Wildman–Crippen LogP) is 2.64. The van der Waals surface area contributed by atoms with Gasteiger partial charge in [-0.15, -0.1) is 12.4 Å². The van der Waals surface area contributed by atoms with Crippen LogP contribution in [0.3, 0.4) is 0 Å². The molecule has 118 valence electrons. The van der Waals surface area contributed by atoms with Gasteiger partial charge in [-0.3, -0.25) is 4.79 Å². The molecular formula is C15H22Cl2N2O2. The Morgan fingerprint density at radius 2 is 2.29 bits per heavy atom. The number of benzene rings is 1. The maximum Gasteiger partial charge on any atom is 0.261 e. The van der Waals surface area contributed by atoms with Gasteiger partial charge in [-0.2, -0.15) is 0 Å². The average Bonchev–Trinajstić information content (AvgIpc) is 2.41. The molecule has 3 atom stereocenters. The van der Waals surface area contributed by atoms with Gasteiger partial charge in [0.05, 0.1) is 0 Å². The number of carbonyl (C=O) groups is 1. The van der Waals surface area contributed by atoms with Crippen LogP contribution >= 0.6 is 24.0 Å². The minimum absolute atomic E-state index is 0. The summed E-state index contributed by atoms with van der Waals surface area (Å²) in [6.07, 6.45) is 0.539. The van der Waals surface area contributed by atoms with Crippen LogP contribution < -0.4 is 15.4 Å². The predicted molar refractivity (Wildman–Crippen MR) is 87.4 cm³/mol. The number of nitrogens with one attached hydrogen (secondary N) is 2. The van der Waals surface area contributed by atoms with E-state index in [4.69, 9.17) is 16.3 Å². The SMILES string of the molecule is CC(Oc1cccc(Cl)c1)C(=O)NC1CNCCC1C.Cl. The molecular weight excluding hydrogens is 311 g/mol. The fraction of sp³-hybridized carbons (Fsp3) is 0.533. The Bertz CT molecular complexity index is 471. The number of amides is 1. The number of halogens is 2. The second-order valence-electron chi connectivity index (χ2n) is 5.30. The summed E-state index contributed by atoms with van der Waals surface area (Å²) < 4.78 is 5.62. The van der Waals surface area contributed by atoms with Crippen molar-refractivity contribution in [3.63, 3.8) is 0 Å². The van der Waals surface area contributed by atoms with Crippen molar-refractivity contribution < 1.29 is 9.53 Å². The lowest BCUT2D eigenvalue weighted by Gasteiger charge is -2.31. The van der Waals surface area contributed by atoms with Gasteiger partial charge in [0.2, 0.25) is 0 Å². The number of carbonyl (C=O) groups excluding carboxylic acids is 1. The van der Waals surface area contributed by atoms with E-state index in [9.17, 15) is 4.79 Å². The summed E-state index contributed by atoms with van der Waals surface area (Å²) >= 11 is 5.89. The Morgan fingerprint density at radius 1 is 1.52 bits per heavy atom. The van der Waals surface area contributed by atoms with Crippen LogP contribution in [0, 0.1) is 5.92 Å². The fourth-order valence-electron chi connectivity index (χ4n) is 2.28. The molecule has 3 unspecified atom stereocenters. The molecule has 2 rings (SSSR count). The van der Waals surface area contributed by atoms with E-state index >= 15 is 0 Å². The van der Waals surface area contributed by atoms with E-state index in [-0.39, 0.29) is 24.4 Å². The first-order valence-electron chi connectivity index (χ1n) is 6.99. The third-order valence-electron chi connectivity index (χ3n) is 3.63. The highest BCUT2D eigenvalue weighted by Gasteiger charge is 2.25. The summed E-state index contributed by atoms with van der Waals surface area (Å²) in [5.41, 5.74) is 0. The van der Waals surface area contributed by atoms with Crippen molar-refractivity contribution in [1.29, 1.82) is 0 Å². The fourth-order valence-corrected chi connectivity index (χ4v) is 2.46. The average molecular weight is 333 g/mol. The minimum atomic E-state index is -0.539. The van der Waals surface area contributed by atoms with E-state index in [0.29, 0.717) is 16.7 Å². The summed E-state index contributed by atoms with van der Waals surface area (Å²) in [6.45, 7) is 5.74. The molecule has 6 heteroatoms. The van der Waals surface area contributed by atoms with E-state index in [0.717, 1.165) is 19.5 Å². The number of rotatable bonds is 4. The van der Waals surface area contributed by atoms with Gasteiger partial charge in [0.15, 0.2) is 6.10 Å². The number of ether oxygens (including phenoxy) is 1. The van der Waals surface area contributed by atoms with Gasteiger partial charge in [-0.25, -0.2) is 0 Å². The van der Waals surface area contributed by atoms with E-state index in [1.165, 1.54) is 0 Å². The second kappa shape index (κ2) is 8.47. The first-order chi connectivity index (χ1) is 9.56. The van der Waals surface area contributed by atoms with Crippen LogP contribution in [0.25, 0.3) is 0 Å². The number of hydrogen-bond donors (Lipinski definition) is 2. The molecule has 0 aliphatic carbocycles. The Morgan fingerprint density at radius 3 is 2.95 bits per heavy atom. The molecule has 2 N–H and O–H groups in total. The normalized spacial score (nSPS) is 22.8. The molecule has 1 aliphatic rings. The highest BCUT2D eigenvalue weighted by Crippen LogP contribution is 2.18. The molecule has 1 aromatic carbocycles. The Labute approximate surface area is 137 Å².